The third-order valence-corrected chi connectivity index (χ3v) is 6.76. The van der Waals surface area contributed by atoms with Crippen LogP contribution in [0, 0.1) is 11.8 Å². The molecule has 0 amide bonds. The van der Waals surface area contributed by atoms with Crippen LogP contribution in [0.4, 0.5) is 0 Å². The summed E-state index contributed by atoms with van der Waals surface area (Å²) in [6, 6.07) is 6.92. The number of methoxy groups -OCH3 is 2. The summed E-state index contributed by atoms with van der Waals surface area (Å²) in [4.78, 5) is 9.04. The van der Waals surface area contributed by atoms with Crippen LogP contribution < -0.4 is 14.8 Å². The summed E-state index contributed by atoms with van der Waals surface area (Å²) in [7, 11) is 3.40. The highest BCUT2D eigenvalue weighted by atomic mass is 16.5. The molecule has 4 rings (SSSR count). The van der Waals surface area contributed by atoms with Crippen molar-refractivity contribution in [3.8, 4) is 11.5 Å². The van der Waals surface area contributed by atoms with Gasteiger partial charge in [-0.25, -0.2) is 9.97 Å². The third kappa shape index (κ3) is 3.97. The van der Waals surface area contributed by atoms with E-state index in [1.165, 1.54) is 31.2 Å². The number of fused-ring (bicyclic) bond motifs is 1. The van der Waals surface area contributed by atoms with Crippen LogP contribution >= 0.6 is 0 Å². The quantitative estimate of drug-likeness (QED) is 0.738. The summed E-state index contributed by atoms with van der Waals surface area (Å²) in [5.41, 5.74) is 2.51. The fourth-order valence-corrected chi connectivity index (χ4v) is 5.25. The van der Waals surface area contributed by atoms with Crippen LogP contribution in [0.15, 0.2) is 30.6 Å². The zero-order valence-electron chi connectivity index (χ0n) is 18.0. The summed E-state index contributed by atoms with van der Waals surface area (Å²) in [5, 5.41) is 3.85. The standard InChI is InChI=1S/C24H33N3O2/c1-15(2)24-26-13-16(14-27-24)12-25-23-19-8-6-5-7-18(19)22(23)17-9-10-20(28-3)21(11-17)29-4/h9-11,13-15,18-19,22-23,25H,5-8,12H2,1-4H3/t18-,19-,22+,23+/m1/s1. The minimum Gasteiger partial charge on any atom is -0.493 e. The topological polar surface area (TPSA) is 56.3 Å². The highest BCUT2D eigenvalue weighted by molar-refractivity contribution is 5.45. The molecule has 0 bridgehead atoms. The maximum Gasteiger partial charge on any atom is 0.160 e. The van der Waals surface area contributed by atoms with Gasteiger partial charge in [0.1, 0.15) is 5.82 Å². The molecular formula is C24H33N3O2. The number of aromatic nitrogens is 2. The minimum absolute atomic E-state index is 0.362. The van der Waals surface area contributed by atoms with Crippen molar-refractivity contribution in [1.82, 2.24) is 15.3 Å². The van der Waals surface area contributed by atoms with Gasteiger partial charge >= 0.3 is 0 Å². The Morgan fingerprint density at radius 1 is 1.00 bits per heavy atom. The van der Waals surface area contributed by atoms with E-state index >= 15 is 0 Å². The molecule has 0 aliphatic heterocycles. The lowest BCUT2D eigenvalue weighted by molar-refractivity contribution is 0.0252. The summed E-state index contributed by atoms with van der Waals surface area (Å²) >= 11 is 0. The Kier molecular flexibility index (Phi) is 6.04. The molecule has 2 fully saturated rings. The Hall–Kier alpha value is -2.14. The van der Waals surface area contributed by atoms with Crippen LogP contribution in [0.5, 0.6) is 11.5 Å². The van der Waals surface area contributed by atoms with Crippen molar-refractivity contribution in [2.24, 2.45) is 11.8 Å². The zero-order chi connectivity index (χ0) is 20.4. The smallest absolute Gasteiger partial charge is 0.160 e. The zero-order valence-corrected chi connectivity index (χ0v) is 18.0. The molecule has 1 heterocycles. The van der Waals surface area contributed by atoms with Crippen LogP contribution in [-0.4, -0.2) is 30.2 Å². The van der Waals surface area contributed by atoms with Crippen LogP contribution in [0.3, 0.4) is 0 Å². The van der Waals surface area contributed by atoms with Gasteiger partial charge in [-0.15, -0.1) is 0 Å². The first-order chi connectivity index (χ1) is 14.1. The van der Waals surface area contributed by atoms with Gasteiger partial charge in [0, 0.05) is 42.4 Å². The van der Waals surface area contributed by atoms with Crippen molar-refractivity contribution in [2.45, 2.75) is 64.0 Å². The van der Waals surface area contributed by atoms with Gasteiger partial charge in [-0.05, 0) is 42.4 Å². The van der Waals surface area contributed by atoms with Crippen LogP contribution in [0.1, 0.15) is 68.3 Å². The molecule has 2 aliphatic rings. The highest BCUT2D eigenvalue weighted by Gasteiger charge is 2.51. The van der Waals surface area contributed by atoms with Gasteiger partial charge in [-0.3, -0.25) is 0 Å². The monoisotopic (exact) mass is 395 g/mol. The number of ether oxygens (including phenoxy) is 2. The molecule has 2 aromatic rings. The molecule has 156 valence electrons. The normalized spacial score (nSPS) is 26.0. The Morgan fingerprint density at radius 3 is 2.34 bits per heavy atom. The summed E-state index contributed by atoms with van der Waals surface area (Å²) in [5.74, 6) is 4.94. The second kappa shape index (κ2) is 8.70. The first-order valence-corrected chi connectivity index (χ1v) is 10.9. The SMILES string of the molecule is COc1ccc([C@H]2[C@@H]3CCCC[C@H]3[C@@H]2NCc2cnc(C(C)C)nc2)cc1OC. The first kappa shape index (κ1) is 20.1. The Morgan fingerprint density at radius 2 is 1.69 bits per heavy atom. The van der Waals surface area contributed by atoms with Gasteiger partial charge in [-0.1, -0.05) is 32.8 Å². The molecule has 4 atom stereocenters. The molecular weight excluding hydrogens is 362 g/mol. The molecule has 0 saturated heterocycles. The van der Waals surface area contributed by atoms with E-state index < -0.39 is 0 Å². The van der Waals surface area contributed by atoms with Crippen LogP contribution in [0.2, 0.25) is 0 Å². The number of hydrogen-bond acceptors (Lipinski definition) is 5. The van der Waals surface area contributed by atoms with Gasteiger partial charge in [-0.2, -0.15) is 0 Å². The Balaban J connectivity index is 1.51. The molecule has 0 unspecified atom stereocenters. The largest absolute Gasteiger partial charge is 0.493 e. The number of rotatable bonds is 7. The van der Waals surface area contributed by atoms with E-state index in [0.29, 0.717) is 17.9 Å². The maximum atomic E-state index is 5.56. The van der Waals surface area contributed by atoms with E-state index in [-0.39, 0.29) is 0 Å². The number of nitrogens with one attached hydrogen (secondary N) is 1. The Bertz CT molecular complexity index is 821. The molecule has 1 aromatic carbocycles. The van der Waals surface area contributed by atoms with Gasteiger partial charge in [0.05, 0.1) is 14.2 Å². The predicted octanol–water partition coefficient (Wildman–Crippen LogP) is 4.68. The van der Waals surface area contributed by atoms with Crippen molar-refractivity contribution in [3.05, 3.63) is 47.5 Å². The minimum atomic E-state index is 0.362. The molecule has 1 N–H and O–H groups in total. The lowest BCUT2D eigenvalue weighted by atomic mass is 9.53. The first-order valence-electron chi connectivity index (χ1n) is 10.9. The van der Waals surface area contributed by atoms with E-state index in [9.17, 15) is 0 Å². The predicted molar refractivity (Wildman–Crippen MR) is 114 cm³/mol. The van der Waals surface area contributed by atoms with Gasteiger partial charge in [0.25, 0.3) is 0 Å². The molecule has 0 radical (unpaired) electrons. The van der Waals surface area contributed by atoms with E-state index in [1.807, 2.05) is 18.5 Å². The summed E-state index contributed by atoms with van der Waals surface area (Å²) in [6.45, 7) is 5.06. The third-order valence-electron chi connectivity index (χ3n) is 6.76. The summed E-state index contributed by atoms with van der Waals surface area (Å²) < 4.78 is 11.0. The number of hydrogen-bond donors (Lipinski definition) is 1. The van der Waals surface area contributed by atoms with Crippen molar-refractivity contribution < 1.29 is 9.47 Å². The van der Waals surface area contributed by atoms with Gasteiger partial charge in [0.15, 0.2) is 11.5 Å². The average molecular weight is 396 g/mol. The Labute approximate surface area is 174 Å². The van der Waals surface area contributed by atoms with E-state index in [4.69, 9.17) is 9.47 Å². The number of nitrogens with zero attached hydrogens (tertiary/aromatic N) is 2. The molecule has 29 heavy (non-hydrogen) atoms. The fraction of sp³-hybridized carbons (Fsp3) is 0.583. The second-order valence-electron chi connectivity index (χ2n) is 8.76. The second-order valence-corrected chi connectivity index (χ2v) is 8.76. The fourth-order valence-electron chi connectivity index (χ4n) is 5.25. The van der Waals surface area contributed by atoms with Crippen LogP contribution in [-0.2, 0) is 6.54 Å². The summed E-state index contributed by atoms with van der Waals surface area (Å²) in [6.07, 6.45) is 9.30. The van der Waals surface area contributed by atoms with Crippen molar-refractivity contribution in [1.29, 1.82) is 0 Å². The van der Waals surface area contributed by atoms with Crippen molar-refractivity contribution in [2.75, 3.05) is 14.2 Å². The lowest BCUT2D eigenvalue weighted by Crippen LogP contribution is -2.57. The molecule has 1 aromatic heterocycles. The molecule has 5 heteroatoms. The van der Waals surface area contributed by atoms with E-state index in [0.717, 1.165) is 41.3 Å². The maximum absolute atomic E-state index is 5.56. The number of benzene rings is 1. The highest BCUT2D eigenvalue weighted by Crippen LogP contribution is 2.55. The molecule has 5 nitrogen and oxygen atoms in total. The lowest BCUT2D eigenvalue weighted by Gasteiger charge is -2.55. The molecule has 2 aliphatic carbocycles. The van der Waals surface area contributed by atoms with Crippen molar-refractivity contribution >= 4 is 0 Å². The molecule has 0 spiro atoms. The van der Waals surface area contributed by atoms with Crippen LogP contribution in [0.25, 0.3) is 0 Å². The average Bonchev–Trinajstić information content (AvgIpc) is 2.74. The van der Waals surface area contributed by atoms with Gasteiger partial charge in [0.2, 0.25) is 0 Å². The van der Waals surface area contributed by atoms with Gasteiger partial charge < -0.3 is 14.8 Å². The van der Waals surface area contributed by atoms with E-state index in [2.05, 4.69) is 41.3 Å². The molecule has 2 saturated carbocycles. The van der Waals surface area contributed by atoms with Crippen molar-refractivity contribution in [3.63, 3.8) is 0 Å². The van der Waals surface area contributed by atoms with E-state index in [1.54, 1.807) is 14.2 Å².